The summed E-state index contributed by atoms with van der Waals surface area (Å²) >= 11 is 0. The van der Waals surface area contributed by atoms with Gasteiger partial charge >= 0.3 is 0 Å². The first-order chi connectivity index (χ1) is 9.19. The van der Waals surface area contributed by atoms with Crippen LogP contribution in [-0.4, -0.2) is 46.6 Å². The molecule has 1 aromatic heterocycles. The minimum absolute atomic E-state index is 0.171. The molecule has 0 spiro atoms. The molecule has 0 aliphatic carbocycles. The lowest BCUT2D eigenvalue weighted by Crippen LogP contribution is -2.53. The number of ether oxygens (including phenoxy) is 1. The molecule has 1 aliphatic rings. The number of Topliss-reactive ketones (excluding diaryl/α,β-unsaturated/α-hetero) is 1. The summed E-state index contributed by atoms with van der Waals surface area (Å²) in [5.74, 6) is 0.205. The monoisotopic (exact) mass is 278 g/mol. The highest BCUT2D eigenvalue weighted by Gasteiger charge is 2.32. The summed E-state index contributed by atoms with van der Waals surface area (Å²) in [7, 11) is 2.00. The number of morpholine rings is 1. The Morgan fingerprint density at radius 2 is 2.10 bits per heavy atom. The van der Waals surface area contributed by atoms with Crippen LogP contribution >= 0.6 is 0 Å². The van der Waals surface area contributed by atoms with Gasteiger partial charge in [0.2, 0.25) is 0 Å². The summed E-state index contributed by atoms with van der Waals surface area (Å²) in [6, 6.07) is 1.99. The molecule has 0 bridgehead atoms. The van der Waals surface area contributed by atoms with E-state index in [0.29, 0.717) is 6.54 Å². The molecule has 1 fully saturated rings. The van der Waals surface area contributed by atoms with Crippen LogP contribution in [0.5, 0.6) is 0 Å². The van der Waals surface area contributed by atoms with Gasteiger partial charge in [-0.15, -0.1) is 0 Å². The largest absolute Gasteiger partial charge is 0.370 e. The van der Waals surface area contributed by atoms with Crippen molar-refractivity contribution in [3.05, 3.63) is 23.0 Å². The van der Waals surface area contributed by atoms with Crippen molar-refractivity contribution in [3.63, 3.8) is 0 Å². The molecule has 1 saturated heterocycles. The van der Waals surface area contributed by atoms with Crippen LogP contribution in [0, 0.1) is 13.8 Å². The second kappa shape index (κ2) is 5.34. The molecule has 0 aromatic carbocycles. The van der Waals surface area contributed by atoms with E-state index in [9.17, 15) is 4.79 Å². The zero-order chi connectivity index (χ0) is 15.1. The zero-order valence-corrected chi connectivity index (χ0v) is 13.5. The van der Waals surface area contributed by atoms with Gasteiger partial charge in [-0.25, -0.2) is 0 Å². The maximum absolute atomic E-state index is 12.5. The van der Waals surface area contributed by atoms with Crippen molar-refractivity contribution in [2.75, 3.05) is 19.6 Å². The molecule has 0 amide bonds. The van der Waals surface area contributed by atoms with Gasteiger partial charge in [0.1, 0.15) is 0 Å². The topological polar surface area (TPSA) is 34.5 Å². The summed E-state index contributed by atoms with van der Waals surface area (Å²) in [4.78, 5) is 14.7. The Bertz CT molecular complexity index is 517. The average Bonchev–Trinajstić information content (AvgIpc) is 2.54. The molecular formula is C16H26N2O2. The Balaban J connectivity index is 2.09. The van der Waals surface area contributed by atoms with Crippen LogP contribution in [0.25, 0.3) is 0 Å². The average molecular weight is 278 g/mol. The predicted molar refractivity (Wildman–Crippen MR) is 80.3 cm³/mol. The van der Waals surface area contributed by atoms with Crippen LogP contribution in [0.15, 0.2) is 6.07 Å². The van der Waals surface area contributed by atoms with Gasteiger partial charge in [-0.1, -0.05) is 0 Å². The number of nitrogens with zero attached hydrogens (tertiary/aromatic N) is 2. The second-order valence-corrected chi connectivity index (χ2v) is 6.62. The Morgan fingerprint density at radius 3 is 2.60 bits per heavy atom. The maximum atomic E-state index is 12.5. The van der Waals surface area contributed by atoms with Gasteiger partial charge in [-0.3, -0.25) is 9.69 Å². The minimum atomic E-state index is -0.181. The second-order valence-electron chi connectivity index (χ2n) is 6.62. The lowest BCUT2D eigenvalue weighted by molar-refractivity contribution is -0.126. The lowest BCUT2D eigenvalue weighted by Gasteiger charge is -2.41. The molecule has 2 rings (SSSR count). The predicted octanol–water partition coefficient (Wildman–Crippen LogP) is 2.32. The van der Waals surface area contributed by atoms with Gasteiger partial charge in [0.25, 0.3) is 0 Å². The summed E-state index contributed by atoms with van der Waals surface area (Å²) in [5, 5.41) is 0. The van der Waals surface area contributed by atoms with Crippen molar-refractivity contribution in [1.29, 1.82) is 0 Å². The van der Waals surface area contributed by atoms with Crippen LogP contribution in [0.3, 0.4) is 0 Å². The molecule has 4 nitrogen and oxygen atoms in total. The highest BCUT2D eigenvalue weighted by molar-refractivity contribution is 5.99. The number of aromatic nitrogens is 1. The van der Waals surface area contributed by atoms with E-state index in [0.717, 1.165) is 30.0 Å². The molecule has 112 valence electrons. The number of carbonyl (C=O) groups is 1. The maximum Gasteiger partial charge on any atom is 0.178 e. The Labute approximate surface area is 121 Å². The van der Waals surface area contributed by atoms with Gasteiger partial charge in [-0.2, -0.15) is 0 Å². The van der Waals surface area contributed by atoms with Crippen molar-refractivity contribution in [2.45, 2.75) is 46.3 Å². The van der Waals surface area contributed by atoms with Gasteiger partial charge in [0.15, 0.2) is 5.78 Å². The van der Waals surface area contributed by atoms with Crippen molar-refractivity contribution in [2.24, 2.45) is 7.05 Å². The highest BCUT2D eigenvalue weighted by atomic mass is 16.5. The van der Waals surface area contributed by atoms with Crippen molar-refractivity contribution in [1.82, 2.24) is 9.47 Å². The number of rotatable bonds is 3. The van der Waals surface area contributed by atoms with Gasteiger partial charge < -0.3 is 9.30 Å². The quantitative estimate of drug-likeness (QED) is 0.796. The normalized spacial score (nSPS) is 23.0. The molecule has 0 saturated carbocycles. The Morgan fingerprint density at radius 1 is 1.45 bits per heavy atom. The van der Waals surface area contributed by atoms with E-state index in [1.165, 1.54) is 0 Å². The summed E-state index contributed by atoms with van der Waals surface area (Å²) in [5.41, 5.74) is 2.84. The molecular weight excluding hydrogens is 252 g/mol. The SMILES string of the molecule is Cc1cc(C(=O)CN2CC(C)OC(C)(C)C2)c(C)n1C. The molecule has 20 heavy (non-hydrogen) atoms. The van der Waals surface area contributed by atoms with Crippen LogP contribution in [0.2, 0.25) is 0 Å². The van der Waals surface area contributed by atoms with E-state index < -0.39 is 0 Å². The number of hydrogen-bond acceptors (Lipinski definition) is 3. The number of carbonyl (C=O) groups excluding carboxylic acids is 1. The molecule has 0 N–H and O–H groups in total. The third-order valence-corrected chi connectivity index (χ3v) is 4.08. The van der Waals surface area contributed by atoms with Crippen LogP contribution < -0.4 is 0 Å². The van der Waals surface area contributed by atoms with E-state index in [4.69, 9.17) is 4.74 Å². The molecule has 0 radical (unpaired) electrons. The van der Waals surface area contributed by atoms with Crippen LogP contribution in [0.1, 0.15) is 42.5 Å². The molecule has 2 heterocycles. The van der Waals surface area contributed by atoms with E-state index in [1.807, 2.05) is 27.0 Å². The highest BCUT2D eigenvalue weighted by Crippen LogP contribution is 2.21. The fraction of sp³-hybridized carbons (Fsp3) is 0.688. The van der Waals surface area contributed by atoms with E-state index >= 15 is 0 Å². The zero-order valence-electron chi connectivity index (χ0n) is 13.5. The fourth-order valence-corrected chi connectivity index (χ4v) is 3.13. The standard InChI is InChI=1S/C16H26N2O2/c1-11-7-14(13(3)17(11)6)15(19)9-18-8-12(2)20-16(4,5)10-18/h7,12H,8-10H2,1-6H3. The third kappa shape index (κ3) is 3.13. The third-order valence-electron chi connectivity index (χ3n) is 4.08. The van der Waals surface area contributed by atoms with Crippen LogP contribution in [0.4, 0.5) is 0 Å². The van der Waals surface area contributed by atoms with E-state index in [1.54, 1.807) is 0 Å². The first-order valence-electron chi connectivity index (χ1n) is 7.26. The molecule has 1 aromatic rings. The minimum Gasteiger partial charge on any atom is -0.370 e. The Kier molecular flexibility index (Phi) is 4.07. The molecule has 4 heteroatoms. The number of aryl methyl sites for hydroxylation is 1. The molecule has 1 atom stereocenters. The summed E-state index contributed by atoms with van der Waals surface area (Å²) in [6.45, 7) is 12.4. The van der Waals surface area contributed by atoms with Crippen molar-refractivity contribution < 1.29 is 9.53 Å². The van der Waals surface area contributed by atoms with E-state index in [2.05, 4.69) is 30.2 Å². The Hall–Kier alpha value is -1.13. The summed E-state index contributed by atoms with van der Waals surface area (Å²) < 4.78 is 7.95. The van der Waals surface area contributed by atoms with Gasteiger partial charge in [-0.05, 0) is 40.7 Å². The number of ketones is 1. The smallest absolute Gasteiger partial charge is 0.178 e. The lowest BCUT2D eigenvalue weighted by atomic mass is 10.0. The summed E-state index contributed by atoms with van der Waals surface area (Å²) in [6.07, 6.45) is 0.171. The first-order valence-corrected chi connectivity index (χ1v) is 7.26. The molecule has 1 aliphatic heterocycles. The van der Waals surface area contributed by atoms with Crippen molar-refractivity contribution >= 4 is 5.78 Å². The van der Waals surface area contributed by atoms with E-state index in [-0.39, 0.29) is 17.5 Å². The van der Waals surface area contributed by atoms with Crippen LogP contribution in [-0.2, 0) is 11.8 Å². The molecule has 1 unspecified atom stereocenters. The first kappa shape index (κ1) is 15.3. The van der Waals surface area contributed by atoms with Crippen molar-refractivity contribution in [3.8, 4) is 0 Å². The number of hydrogen-bond donors (Lipinski definition) is 0. The fourth-order valence-electron chi connectivity index (χ4n) is 3.13. The van der Waals surface area contributed by atoms with Gasteiger partial charge in [0.05, 0.1) is 18.2 Å². The van der Waals surface area contributed by atoms with Gasteiger partial charge in [0, 0.05) is 37.1 Å².